The quantitative estimate of drug-likeness (QED) is 0.655. The number of anilines is 1. The molecule has 0 atom stereocenters. The van der Waals surface area contributed by atoms with Gasteiger partial charge in [0.15, 0.2) is 0 Å². The highest BCUT2D eigenvalue weighted by Gasteiger charge is 2.07. The van der Waals surface area contributed by atoms with Crippen LogP contribution in [0.1, 0.15) is 28.9 Å². The minimum Gasteiger partial charge on any atom is -0.385 e. The van der Waals surface area contributed by atoms with Crippen LogP contribution in [0.3, 0.4) is 0 Å². The number of hydrogen-bond acceptors (Lipinski definition) is 5. The van der Waals surface area contributed by atoms with E-state index in [1.165, 1.54) is 11.8 Å². The second-order valence-electron chi connectivity index (χ2n) is 5.41. The molecular weight excluding hydrogens is 304 g/mol. The van der Waals surface area contributed by atoms with E-state index < -0.39 is 0 Å². The third-order valence-electron chi connectivity index (χ3n) is 3.49. The summed E-state index contributed by atoms with van der Waals surface area (Å²) in [6.07, 6.45) is 5.88. The molecule has 2 N–H and O–H groups in total. The third-order valence-corrected chi connectivity index (χ3v) is 3.49. The number of aromatic nitrogens is 2. The van der Waals surface area contributed by atoms with Crippen LogP contribution >= 0.6 is 0 Å². The molecule has 0 bridgehead atoms. The Bertz CT molecular complexity index is 602. The van der Waals surface area contributed by atoms with Crippen LogP contribution in [0.25, 0.3) is 0 Å². The summed E-state index contributed by atoms with van der Waals surface area (Å²) in [4.78, 5) is 20.2. The van der Waals surface area contributed by atoms with Crippen molar-refractivity contribution in [2.45, 2.75) is 19.3 Å². The van der Waals surface area contributed by atoms with Gasteiger partial charge in [0.25, 0.3) is 5.91 Å². The van der Waals surface area contributed by atoms with E-state index in [1.807, 2.05) is 18.2 Å². The summed E-state index contributed by atoms with van der Waals surface area (Å²) in [5.74, 6) is 0.466. The molecule has 0 aliphatic carbocycles. The lowest BCUT2D eigenvalue weighted by Gasteiger charge is -2.07. The number of rotatable bonds is 10. The molecule has 6 heteroatoms. The molecule has 0 fully saturated rings. The van der Waals surface area contributed by atoms with Crippen LogP contribution in [-0.4, -0.2) is 42.7 Å². The van der Waals surface area contributed by atoms with Gasteiger partial charge >= 0.3 is 0 Å². The van der Waals surface area contributed by atoms with Crippen molar-refractivity contribution in [3.05, 3.63) is 54.0 Å². The van der Waals surface area contributed by atoms with Gasteiger partial charge in [-0.2, -0.15) is 0 Å². The zero-order chi connectivity index (χ0) is 17.0. The fourth-order valence-electron chi connectivity index (χ4n) is 2.20. The van der Waals surface area contributed by atoms with E-state index in [0.29, 0.717) is 24.7 Å². The minimum absolute atomic E-state index is 0.214. The van der Waals surface area contributed by atoms with Gasteiger partial charge in [0.2, 0.25) is 0 Å². The van der Waals surface area contributed by atoms with E-state index in [4.69, 9.17) is 4.74 Å². The normalized spacial score (nSPS) is 10.4. The first-order valence-electron chi connectivity index (χ1n) is 8.16. The Morgan fingerprint density at radius 1 is 1.08 bits per heavy atom. The predicted molar refractivity (Wildman–Crippen MR) is 94.1 cm³/mol. The highest BCUT2D eigenvalue weighted by atomic mass is 16.5. The highest BCUT2D eigenvalue weighted by Crippen LogP contribution is 2.04. The molecule has 24 heavy (non-hydrogen) atoms. The van der Waals surface area contributed by atoms with Crippen molar-refractivity contribution in [1.82, 2.24) is 15.3 Å². The summed E-state index contributed by atoms with van der Waals surface area (Å²) in [6, 6.07) is 10.4. The lowest BCUT2D eigenvalue weighted by molar-refractivity contribution is 0.0943. The third kappa shape index (κ3) is 6.34. The molecule has 0 spiro atoms. The summed E-state index contributed by atoms with van der Waals surface area (Å²) < 4.78 is 4.93. The van der Waals surface area contributed by atoms with Crippen molar-refractivity contribution < 1.29 is 9.53 Å². The van der Waals surface area contributed by atoms with Gasteiger partial charge in [-0.15, -0.1) is 0 Å². The van der Waals surface area contributed by atoms with Crippen molar-refractivity contribution in [2.24, 2.45) is 0 Å². The Hall–Kier alpha value is -2.47. The molecule has 6 nitrogen and oxygen atoms in total. The van der Waals surface area contributed by atoms with Crippen molar-refractivity contribution in [3.8, 4) is 0 Å². The van der Waals surface area contributed by atoms with Gasteiger partial charge in [-0.05, 0) is 24.8 Å². The topological polar surface area (TPSA) is 76.1 Å². The summed E-state index contributed by atoms with van der Waals surface area (Å²) in [6.45, 7) is 2.00. The molecule has 0 saturated heterocycles. The molecule has 128 valence electrons. The van der Waals surface area contributed by atoms with Gasteiger partial charge in [-0.1, -0.05) is 30.3 Å². The predicted octanol–water partition coefficient (Wildman–Crippen LogP) is 2.29. The van der Waals surface area contributed by atoms with Crippen molar-refractivity contribution >= 4 is 11.7 Å². The summed E-state index contributed by atoms with van der Waals surface area (Å²) >= 11 is 0. The fraction of sp³-hybridized carbons (Fsp3) is 0.389. The standard InChI is InChI=1S/C18H24N4O2/c1-24-12-6-11-20-18(23)16-13-22-17(14-21-16)19-10-5-9-15-7-3-2-4-8-15/h2-4,7-8,13-14H,5-6,9-12H2,1H3,(H,19,22)(H,20,23). The number of amides is 1. The molecule has 0 aliphatic heterocycles. The first-order chi connectivity index (χ1) is 11.8. The lowest BCUT2D eigenvalue weighted by atomic mass is 10.1. The maximum Gasteiger partial charge on any atom is 0.271 e. The van der Waals surface area contributed by atoms with E-state index >= 15 is 0 Å². The van der Waals surface area contributed by atoms with E-state index in [1.54, 1.807) is 13.3 Å². The number of carbonyl (C=O) groups is 1. The first kappa shape index (κ1) is 17.9. The molecule has 1 aromatic heterocycles. The van der Waals surface area contributed by atoms with E-state index in [2.05, 4.69) is 32.7 Å². The molecule has 1 heterocycles. The molecule has 0 aliphatic rings. The van der Waals surface area contributed by atoms with Crippen LogP contribution in [0.5, 0.6) is 0 Å². The number of benzene rings is 1. The smallest absolute Gasteiger partial charge is 0.271 e. The lowest BCUT2D eigenvalue weighted by Crippen LogP contribution is -2.26. The largest absolute Gasteiger partial charge is 0.385 e. The van der Waals surface area contributed by atoms with Gasteiger partial charge in [-0.25, -0.2) is 9.97 Å². The number of aryl methyl sites for hydroxylation is 1. The number of hydrogen-bond donors (Lipinski definition) is 2. The number of methoxy groups -OCH3 is 1. The van der Waals surface area contributed by atoms with Crippen LogP contribution in [0.2, 0.25) is 0 Å². The van der Waals surface area contributed by atoms with Crippen LogP contribution in [-0.2, 0) is 11.2 Å². The Balaban J connectivity index is 1.68. The van der Waals surface area contributed by atoms with Gasteiger partial charge in [0, 0.05) is 26.8 Å². The molecular formula is C18H24N4O2. The van der Waals surface area contributed by atoms with Gasteiger partial charge in [0.05, 0.1) is 12.4 Å². The zero-order valence-corrected chi connectivity index (χ0v) is 14.0. The molecule has 2 aromatic rings. The Morgan fingerprint density at radius 2 is 1.92 bits per heavy atom. The van der Waals surface area contributed by atoms with Gasteiger partial charge < -0.3 is 15.4 Å². The van der Waals surface area contributed by atoms with Crippen LogP contribution in [0.4, 0.5) is 5.82 Å². The Labute approximate surface area is 142 Å². The van der Waals surface area contributed by atoms with E-state index in [0.717, 1.165) is 25.8 Å². The Morgan fingerprint density at radius 3 is 2.62 bits per heavy atom. The number of ether oxygens (including phenoxy) is 1. The van der Waals surface area contributed by atoms with Crippen molar-refractivity contribution in [1.29, 1.82) is 0 Å². The number of nitrogens with one attached hydrogen (secondary N) is 2. The summed E-state index contributed by atoms with van der Waals surface area (Å²) in [7, 11) is 1.64. The summed E-state index contributed by atoms with van der Waals surface area (Å²) in [5.41, 5.74) is 1.65. The summed E-state index contributed by atoms with van der Waals surface area (Å²) in [5, 5.41) is 6.00. The maximum absolute atomic E-state index is 11.9. The molecule has 1 aromatic carbocycles. The van der Waals surface area contributed by atoms with Gasteiger partial charge in [-0.3, -0.25) is 4.79 Å². The maximum atomic E-state index is 11.9. The van der Waals surface area contributed by atoms with E-state index in [-0.39, 0.29) is 5.91 Å². The average molecular weight is 328 g/mol. The fourth-order valence-corrected chi connectivity index (χ4v) is 2.20. The molecule has 0 saturated carbocycles. The van der Waals surface area contributed by atoms with Crippen molar-refractivity contribution in [2.75, 3.05) is 32.1 Å². The van der Waals surface area contributed by atoms with E-state index in [9.17, 15) is 4.79 Å². The molecule has 2 rings (SSSR count). The molecule has 0 unspecified atom stereocenters. The first-order valence-corrected chi connectivity index (χ1v) is 8.16. The number of nitrogens with zero attached hydrogens (tertiary/aromatic N) is 2. The Kier molecular flexibility index (Phi) is 7.70. The zero-order valence-electron chi connectivity index (χ0n) is 14.0. The SMILES string of the molecule is COCCCNC(=O)c1cnc(NCCCc2ccccc2)cn1. The molecule has 0 radical (unpaired) electrons. The molecule has 1 amide bonds. The van der Waals surface area contributed by atoms with Crippen LogP contribution in [0.15, 0.2) is 42.7 Å². The average Bonchev–Trinajstić information content (AvgIpc) is 2.63. The second-order valence-corrected chi connectivity index (χ2v) is 5.41. The number of carbonyl (C=O) groups excluding carboxylic acids is 1. The van der Waals surface area contributed by atoms with Crippen LogP contribution < -0.4 is 10.6 Å². The van der Waals surface area contributed by atoms with Gasteiger partial charge in [0.1, 0.15) is 11.5 Å². The minimum atomic E-state index is -0.214. The monoisotopic (exact) mass is 328 g/mol. The highest BCUT2D eigenvalue weighted by molar-refractivity contribution is 5.91. The second kappa shape index (κ2) is 10.3. The van der Waals surface area contributed by atoms with Crippen LogP contribution in [0, 0.1) is 0 Å². The van der Waals surface area contributed by atoms with Crippen molar-refractivity contribution in [3.63, 3.8) is 0 Å².